The van der Waals surface area contributed by atoms with Crippen molar-refractivity contribution in [3.63, 3.8) is 0 Å². The molecule has 0 aromatic heterocycles. The predicted molar refractivity (Wildman–Crippen MR) is 80.6 cm³/mol. The molecule has 0 aliphatic carbocycles. The molecule has 0 fully saturated rings. The summed E-state index contributed by atoms with van der Waals surface area (Å²) >= 11 is 3.44. The Morgan fingerprint density at radius 2 is 2.00 bits per heavy atom. The van der Waals surface area contributed by atoms with Gasteiger partial charge in [-0.1, -0.05) is 42.6 Å². The van der Waals surface area contributed by atoms with Gasteiger partial charge in [-0.05, 0) is 37.5 Å². The molecule has 1 N–H and O–H groups in total. The molecule has 0 saturated carbocycles. The second-order valence-corrected chi connectivity index (χ2v) is 6.09. The van der Waals surface area contributed by atoms with Crippen LogP contribution in [0.3, 0.4) is 0 Å². The van der Waals surface area contributed by atoms with Crippen molar-refractivity contribution in [2.75, 3.05) is 5.32 Å². The highest BCUT2D eigenvalue weighted by molar-refractivity contribution is 9.10. The molecule has 0 spiro atoms. The topological polar surface area (TPSA) is 35.8 Å². The van der Waals surface area contributed by atoms with Crippen LogP contribution in [-0.2, 0) is 0 Å². The van der Waals surface area contributed by atoms with Crippen LogP contribution in [0, 0.1) is 17.2 Å². The van der Waals surface area contributed by atoms with E-state index in [1.807, 2.05) is 18.2 Å². The van der Waals surface area contributed by atoms with Crippen molar-refractivity contribution >= 4 is 21.6 Å². The molecule has 1 atom stereocenters. The Labute approximate surface area is 119 Å². The third-order valence-corrected chi connectivity index (χ3v) is 3.42. The van der Waals surface area contributed by atoms with Crippen molar-refractivity contribution in [3.8, 4) is 6.07 Å². The highest BCUT2D eigenvalue weighted by Gasteiger charge is 2.07. The lowest BCUT2D eigenvalue weighted by Gasteiger charge is -2.17. The Morgan fingerprint density at radius 3 is 2.61 bits per heavy atom. The fourth-order valence-corrected chi connectivity index (χ4v) is 2.26. The van der Waals surface area contributed by atoms with E-state index in [1.165, 1.54) is 12.8 Å². The fraction of sp³-hybridized carbons (Fsp3) is 0.533. The molecule has 0 amide bonds. The number of nitriles is 1. The van der Waals surface area contributed by atoms with E-state index in [0.29, 0.717) is 11.6 Å². The summed E-state index contributed by atoms with van der Waals surface area (Å²) < 4.78 is 0.999. The smallest absolute Gasteiger partial charge is 0.101 e. The molecule has 0 aliphatic rings. The number of rotatable bonds is 6. The van der Waals surface area contributed by atoms with Gasteiger partial charge in [0.15, 0.2) is 0 Å². The lowest BCUT2D eigenvalue weighted by atomic mass is 10.0. The molecule has 0 bridgehead atoms. The van der Waals surface area contributed by atoms with E-state index >= 15 is 0 Å². The summed E-state index contributed by atoms with van der Waals surface area (Å²) in [6, 6.07) is 8.32. The Morgan fingerprint density at radius 1 is 1.28 bits per heavy atom. The number of nitrogens with one attached hydrogen (secondary N) is 1. The second kappa shape index (κ2) is 7.43. The molecule has 1 aromatic carbocycles. The van der Waals surface area contributed by atoms with E-state index < -0.39 is 0 Å². The van der Waals surface area contributed by atoms with Gasteiger partial charge in [0.05, 0.1) is 11.3 Å². The average molecular weight is 309 g/mol. The molecule has 1 rings (SSSR count). The van der Waals surface area contributed by atoms with Crippen molar-refractivity contribution < 1.29 is 0 Å². The maximum Gasteiger partial charge on any atom is 0.101 e. The van der Waals surface area contributed by atoms with E-state index in [0.717, 1.165) is 22.5 Å². The van der Waals surface area contributed by atoms with Crippen LogP contribution in [-0.4, -0.2) is 6.04 Å². The largest absolute Gasteiger partial charge is 0.381 e. The Kier molecular flexibility index (Phi) is 6.21. The summed E-state index contributed by atoms with van der Waals surface area (Å²) in [5.74, 6) is 0.762. The minimum Gasteiger partial charge on any atom is -0.381 e. The van der Waals surface area contributed by atoms with E-state index in [1.54, 1.807) is 0 Å². The van der Waals surface area contributed by atoms with Crippen LogP contribution >= 0.6 is 15.9 Å². The minimum atomic E-state index is 0.394. The highest BCUT2D eigenvalue weighted by atomic mass is 79.9. The standard InChI is InChI=1S/C15H21BrN2/c1-11(2)5-4-6-12(3)18-15-9-14(16)8-7-13(15)10-17/h7-9,11-12,18H,4-6H2,1-3H3. The van der Waals surface area contributed by atoms with Crippen molar-refractivity contribution in [1.82, 2.24) is 0 Å². The van der Waals surface area contributed by atoms with Gasteiger partial charge in [-0.25, -0.2) is 0 Å². The zero-order valence-electron chi connectivity index (χ0n) is 11.3. The fourth-order valence-electron chi connectivity index (χ4n) is 1.90. The monoisotopic (exact) mass is 308 g/mol. The van der Waals surface area contributed by atoms with E-state index in [9.17, 15) is 0 Å². The summed E-state index contributed by atoms with van der Waals surface area (Å²) in [5, 5.41) is 12.5. The summed E-state index contributed by atoms with van der Waals surface area (Å²) in [4.78, 5) is 0. The van der Waals surface area contributed by atoms with Crippen molar-refractivity contribution in [1.29, 1.82) is 5.26 Å². The maximum absolute atomic E-state index is 9.07. The van der Waals surface area contributed by atoms with Crippen LogP contribution in [0.4, 0.5) is 5.69 Å². The molecule has 3 heteroatoms. The van der Waals surface area contributed by atoms with Gasteiger partial charge in [-0.2, -0.15) is 5.26 Å². The third kappa shape index (κ3) is 5.10. The zero-order valence-corrected chi connectivity index (χ0v) is 12.9. The van der Waals surface area contributed by atoms with Gasteiger partial charge in [0.2, 0.25) is 0 Å². The Hall–Kier alpha value is -1.01. The number of hydrogen-bond acceptors (Lipinski definition) is 2. The lowest BCUT2D eigenvalue weighted by molar-refractivity contribution is 0.520. The van der Waals surface area contributed by atoms with Crippen LogP contribution in [0.1, 0.15) is 45.6 Å². The Balaban J connectivity index is 2.56. The first-order chi connectivity index (χ1) is 8.52. The van der Waals surface area contributed by atoms with Crippen LogP contribution in [0.5, 0.6) is 0 Å². The van der Waals surface area contributed by atoms with Gasteiger partial charge in [0, 0.05) is 10.5 Å². The number of anilines is 1. The van der Waals surface area contributed by atoms with Crippen molar-refractivity contribution in [3.05, 3.63) is 28.2 Å². The molecule has 98 valence electrons. The maximum atomic E-state index is 9.07. The Bertz CT molecular complexity index is 421. The molecule has 0 saturated heterocycles. The predicted octanol–water partition coefficient (Wildman–Crippen LogP) is 4.95. The number of halogens is 1. The number of nitrogens with zero attached hydrogens (tertiary/aromatic N) is 1. The number of hydrogen-bond donors (Lipinski definition) is 1. The summed E-state index contributed by atoms with van der Waals surface area (Å²) in [6.07, 6.45) is 3.62. The molecule has 0 aliphatic heterocycles. The minimum absolute atomic E-state index is 0.394. The number of benzene rings is 1. The molecule has 1 aromatic rings. The summed E-state index contributed by atoms with van der Waals surface area (Å²) in [6.45, 7) is 6.67. The van der Waals surface area contributed by atoms with Gasteiger partial charge in [-0.15, -0.1) is 0 Å². The van der Waals surface area contributed by atoms with Gasteiger partial charge in [-0.3, -0.25) is 0 Å². The van der Waals surface area contributed by atoms with Gasteiger partial charge < -0.3 is 5.32 Å². The van der Waals surface area contributed by atoms with Crippen LogP contribution in [0.2, 0.25) is 0 Å². The summed E-state index contributed by atoms with van der Waals surface area (Å²) in [7, 11) is 0. The average Bonchev–Trinajstić information content (AvgIpc) is 2.28. The molecule has 1 unspecified atom stereocenters. The van der Waals surface area contributed by atoms with Crippen LogP contribution in [0.15, 0.2) is 22.7 Å². The normalized spacial score (nSPS) is 12.2. The molecular formula is C15H21BrN2. The van der Waals surface area contributed by atoms with Gasteiger partial charge >= 0.3 is 0 Å². The zero-order chi connectivity index (χ0) is 13.5. The first kappa shape index (κ1) is 15.0. The van der Waals surface area contributed by atoms with Gasteiger partial charge in [0.25, 0.3) is 0 Å². The molecular weight excluding hydrogens is 288 g/mol. The molecule has 18 heavy (non-hydrogen) atoms. The van der Waals surface area contributed by atoms with Gasteiger partial charge in [0.1, 0.15) is 6.07 Å². The third-order valence-electron chi connectivity index (χ3n) is 2.92. The van der Waals surface area contributed by atoms with Crippen molar-refractivity contribution in [2.24, 2.45) is 5.92 Å². The van der Waals surface area contributed by atoms with E-state index in [4.69, 9.17) is 5.26 Å². The van der Waals surface area contributed by atoms with Crippen LogP contribution < -0.4 is 5.32 Å². The van der Waals surface area contributed by atoms with E-state index in [2.05, 4.69) is 48.1 Å². The van der Waals surface area contributed by atoms with Crippen LogP contribution in [0.25, 0.3) is 0 Å². The van der Waals surface area contributed by atoms with E-state index in [-0.39, 0.29) is 0 Å². The lowest BCUT2D eigenvalue weighted by Crippen LogP contribution is -2.16. The SMILES string of the molecule is CC(C)CCCC(C)Nc1cc(Br)ccc1C#N. The molecule has 2 nitrogen and oxygen atoms in total. The summed E-state index contributed by atoms with van der Waals surface area (Å²) in [5.41, 5.74) is 1.62. The highest BCUT2D eigenvalue weighted by Crippen LogP contribution is 2.22. The molecule has 0 heterocycles. The quantitative estimate of drug-likeness (QED) is 0.807. The first-order valence-corrected chi connectivity index (χ1v) is 7.28. The first-order valence-electron chi connectivity index (χ1n) is 6.49. The second-order valence-electron chi connectivity index (χ2n) is 5.17. The van der Waals surface area contributed by atoms with Crippen molar-refractivity contribution in [2.45, 2.75) is 46.1 Å². The molecule has 0 radical (unpaired) electrons.